The minimum absolute atomic E-state index is 0.353. The predicted molar refractivity (Wildman–Crippen MR) is 88.4 cm³/mol. The molecule has 6 nitrogen and oxygen atoms in total. The number of nitrogens with one attached hydrogen (secondary N) is 2. The number of rotatable bonds is 5. The molecule has 25 heavy (non-hydrogen) atoms. The zero-order valence-electron chi connectivity index (χ0n) is 13.3. The molecule has 1 aliphatic heterocycles. The summed E-state index contributed by atoms with van der Waals surface area (Å²) in [7, 11) is 0. The number of hydrogen-bond donors (Lipinski definition) is 2. The molecule has 1 heterocycles. The van der Waals surface area contributed by atoms with Crippen molar-refractivity contribution in [1.29, 1.82) is 0 Å². The first-order valence-electron chi connectivity index (χ1n) is 7.88. The summed E-state index contributed by atoms with van der Waals surface area (Å²) in [6, 6.07) is 5.37. The van der Waals surface area contributed by atoms with Gasteiger partial charge in [-0.15, -0.1) is 0 Å². The van der Waals surface area contributed by atoms with E-state index in [0.29, 0.717) is 35.2 Å². The van der Waals surface area contributed by atoms with Crippen LogP contribution in [0.3, 0.4) is 0 Å². The molecule has 1 saturated heterocycles. The second kappa shape index (κ2) is 6.99. The first-order chi connectivity index (χ1) is 11.9. The van der Waals surface area contributed by atoms with E-state index >= 15 is 0 Å². The molecule has 0 aromatic heterocycles. The molecule has 1 aromatic rings. The van der Waals surface area contributed by atoms with Crippen molar-refractivity contribution in [2.75, 3.05) is 11.9 Å². The lowest BCUT2D eigenvalue weighted by atomic mass is 9.98. The molecule has 1 saturated carbocycles. The Morgan fingerprint density at radius 3 is 2.48 bits per heavy atom. The number of anilines is 1. The van der Waals surface area contributed by atoms with Gasteiger partial charge in [0, 0.05) is 10.6 Å². The third kappa shape index (κ3) is 3.76. The van der Waals surface area contributed by atoms with Crippen LogP contribution >= 0.6 is 11.8 Å². The summed E-state index contributed by atoms with van der Waals surface area (Å²) in [5.74, 6) is -3.38. The highest BCUT2D eigenvalue weighted by molar-refractivity contribution is 7.99. The van der Waals surface area contributed by atoms with Crippen LogP contribution in [0.25, 0.3) is 0 Å². The number of benzene rings is 1. The average molecular weight is 369 g/mol. The summed E-state index contributed by atoms with van der Waals surface area (Å²) >= 11 is 0.412. The fourth-order valence-electron chi connectivity index (χ4n) is 3.20. The van der Waals surface area contributed by atoms with Crippen LogP contribution in [0, 0.1) is 0 Å². The summed E-state index contributed by atoms with van der Waals surface area (Å²) in [6.45, 7) is -0.375. The Labute approximate surface area is 147 Å². The summed E-state index contributed by atoms with van der Waals surface area (Å²) in [6.07, 6.45) is 2.93. The molecule has 0 atom stereocenters. The summed E-state index contributed by atoms with van der Waals surface area (Å²) < 4.78 is 24.6. The van der Waals surface area contributed by atoms with E-state index in [2.05, 4.69) is 10.6 Å². The predicted octanol–water partition coefficient (Wildman–Crippen LogP) is 2.80. The van der Waals surface area contributed by atoms with Crippen molar-refractivity contribution < 1.29 is 23.2 Å². The molecule has 1 aliphatic carbocycles. The monoisotopic (exact) mass is 369 g/mol. The largest absolute Gasteiger partial charge is 0.325 e. The second-order valence-corrected chi connectivity index (χ2v) is 7.13. The van der Waals surface area contributed by atoms with Crippen molar-refractivity contribution in [3.05, 3.63) is 24.3 Å². The third-order valence-electron chi connectivity index (χ3n) is 4.37. The standard InChI is InChI=1S/C16H17F2N3O3S/c17-14(18)25-11-5-3-10(4-6-11)19-12(22)9-21-13(23)16(20-15(21)24)7-1-2-8-16/h3-6,14H,1-2,7-9H2,(H,19,22)(H,20,24). The van der Waals surface area contributed by atoms with Gasteiger partial charge in [0.15, 0.2) is 0 Å². The Morgan fingerprint density at radius 2 is 1.88 bits per heavy atom. The van der Waals surface area contributed by atoms with Crippen molar-refractivity contribution in [2.45, 2.75) is 41.9 Å². The fraction of sp³-hybridized carbons (Fsp3) is 0.438. The maximum absolute atomic E-state index is 12.5. The van der Waals surface area contributed by atoms with Crippen molar-refractivity contribution in [3.8, 4) is 0 Å². The highest BCUT2D eigenvalue weighted by atomic mass is 32.2. The Morgan fingerprint density at radius 1 is 1.24 bits per heavy atom. The summed E-state index contributed by atoms with van der Waals surface area (Å²) in [5.41, 5.74) is -0.433. The molecule has 4 amide bonds. The van der Waals surface area contributed by atoms with Gasteiger partial charge in [-0.1, -0.05) is 24.6 Å². The van der Waals surface area contributed by atoms with Gasteiger partial charge in [0.2, 0.25) is 5.91 Å². The van der Waals surface area contributed by atoms with Crippen LogP contribution in [0.15, 0.2) is 29.2 Å². The molecule has 134 valence electrons. The van der Waals surface area contributed by atoms with Gasteiger partial charge in [0.25, 0.3) is 11.7 Å². The van der Waals surface area contributed by atoms with Crippen LogP contribution in [0.2, 0.25) is 0 Å². The molecular formula is C16H17F2N3O3S. The van der Waals surface area contributed by atoms with Gasteiger partial charge in [-0.2, -0.15) is 8.78 Å². The van der Waals surface area contributed by atoms with Crippen molar-refractivity contribution in [1.82, 2.24) is 10.2 Å². The molecule has 3 rings (SSSR count). The Bertz CT molecular complexity index is 690. The number of nitrogens with zero attached hydrogens (tertiary/aromatic N) is 1. The molecule has 1 spiro atoms. The number of imide groups is 1. The SMILES string of the molecule is O=C(CN1C(=O)NC2(CCCC2)C1=O)Nc1ccc(SC(F)F)cc1. The maximum Gasteiger partial charge on any atom is 0.325 e. The molecule has 0 bridgehead atoms. The lowest BCUT2D eigenvalue weighted by Crippen LogP contribution is -2.44. The minimum Gasteiger partial charge on any atom is -0.325 e. The van der Waals surface area contributed by atoms with Crippen LogP contribution in [-0.2, 0) is 9.59 Å². The lowest BCUT2D eigenvalue weighted by molar-refractivity contribution is -0.133. The molecule has 9 heteroatoms. The normalized spacial score (nSPS) is 18.9. The van der Waals surface area contributed by atoms with Gasteiger partial charge in [-0.25, -0.2) is 4.79 Å². The summed E-state index contributed by atoms with van der Waals surface area (Å²) in [5, 5.41) is 5.27. The number of thioether (sulfide) groups is 1. The van der Waals surface area contributed by atoms with Crippen LogP contribution in [0.5, 0.6) is 0 Å². The van der Waals surface area contributed by atoms with Crippen molar-refractivity contribution >= 4 is 35.3 Å². The van der Waals surface area contributed by atoms with Crippen molar-refractivity contribution in [3.63, 3.8) is 0 Å². The topological polar surface area (TPSA) is 78.5 Å². The zero-order chi connectivity index (χ0) is 18.0. The molecule has 2 N–H and O–H groups in total. The van der Waals surface area contributed by atoms with E-state index in [-0.39, 0.29) is 12.5 Å². The first kappa shape index (κ1) is 17.7. The van der Waals surface area contributed by atoms with Gasteiger partial charge >= 0.3 is 6.03 Å². The van der Waals surface area contributed by atoms with Crippen LogP contribution in [0.1, 0.15) is 25.7 Å². The van der Waals surface area contributed by atoms with Gasteiger partial charge in [0.1, 0.15) is 12.1 Å². The number of carbonyl (C=O) groups is 3. The number of halogens is 2. The first-order valence-corrected chi connectivity index (χ1v) is 8.76. The highest BCUT2D eigenvalue weighted by Crippen LogP contribution is 2.35. The average Bonchev–Trinajstić information content (AvgIpc) is 3.10. The molecule has 2 fully saturated rings. The number of amides is 4. The maximum atomic E-state index is 12.5. The Balaban J connectivity index is 1.59. The van der Waals surface area contributed by atoms with Crippen LogP contribution in [0.4, 0.5) is 19.3 Å². The number of carbonyl (C=O) groups excluding carboxylic acids is 3. The van der Waals surface area contributed by atoms with E-state index in [1.54, 1.807) is 0 Å². The van der Waals surface area contributed by atoms with Crippen LogP contribution in [-0.4, -0.2) is 40.6 Å². The number of alkyl halides is 2. The van der Waals surface area contributed by atoms with E-state index in [1.165, 1.54) is 24.3 Å². The highest BCUT2D eigenvalue weighted by Gasteiger charge is 2.52. The minimum atomic E-state index is -2.51. The number of hydrogen-bond acceptors (Lipinski definition) is 4. The number of urea groups is 1. The smallest absolute Gasteiger partial charge is 0.325 e. The van der Waals surface area contributed by atoms with Gasteiger partial charge in [-0.3, -0.25) is 14.5 Å². The van der Waals surface area contributed by atoms with Gasteiger partial charge in [0.05, 0.1) is 0 Å². The Kier molecular flexibility index (Phi) is 4.94. The lowest BCUT2D eigenvalue weighted by Gasteiger charge is -2.19. The molecular weight excluding hydrogens is 352 g/mol. The quantitative estimate of drug-likeness (QED) is 0.618. The second-order valence-electron chi connectivity index (χ2n) is 6.06. The Hall–Kier alpha value is -2.16. The van der Waals surface area contributed by atoms with Gasteiger partial charge in [-0.05, 0) is 37.1 Å². The van der Waals surface area contributed by atoms with Gasteiger partial charge < -0.3 is 10.6 Å². The molecule has 0 radical (unpaired) electrons. The zero-order valence-corrected chi connectivity index (χ0v) is 14.1. The van der Waals surface area contributed by atoms with E-state index < -0.39 is 23.2 Å². The fourth-order valence-corrected chi connectivity index (χ4v) is 3.70. The molecule has 0 unspecified atom stereocenters. The molecule has 1 aromatic carbocycles. The van der Waals surface area contributed by atoms with E-state index in [1.807, 2.05) is 0 Å². The van der Waals surface area contributed by atoms with E-state index in [0.717, 1.165) is 17.7 Å². The summed E-state index contributed by atoms with van der Waals surface area (Å²) in [4.78, 5) is 37.9. The van der Waals surface area contributed by atoms with Crippen molar-refractivity contribution in [2.24, 2.45) is 0 Å². The third-order valence-corrected chi connectivity index (χ3v) is 5.09. The van der Waals surface area contributed by atoms with E-state index in [4.69, 9.17) is 0 Å². The van der Waals surface area contributed by atoms with E-state index in [9.17, 15) is 23.2 Å². The molecule has 2 aliphatic rings. The van der Waals surface area contributed by atoms with Crippen LogP contribution < -0.4 is 10.6 Å².